The Morgan fingerprint density at radius 2 is 1.92 bits per heavy atom. The van der Waals surface area contributed by atoms with Crippen LogP contribution in [0.3, 0.4) is 0 Å². The third-order valence-corrected chi connectivity index (χ3v) is 5.26. The number of ether oxygens (including phenoxy) is 1. The van der Waals surface area contributed by atoms with E-state index in [0.29, 0.717) is 25.7 Å². The molecule has 1 unspecified atom stereocenters. The van der Waals surface area contributed by atoms with E-state index in [9.17, 15) is 4.79 Å². The first-order valence-electron chi connectivity index (χ1n) is 8.37. The number of nitriles is 1. The molecule has 9 nitrogen and oxygen atoms in total. The smallest absolute Gasteiger partial charge is 0.320 e. The van der Waals surface area contributed by atoms with E-state index in [2.05, 4.69) is 15.2 Å². The number of rotatable bonds is 3. The molecule has 0 radical (unpaired) electrons. The van der Waals surface area contributed by atoms with Gasteiger partial charge in [0.2, 0.25) is 5.95 Å². The van der Waals surface area contributed by atoms with E-state index in [4.69, 9.17) is 21.6 Å². The highest BCUT2D eigenvalue weighted by Gasteiger charge is 2.41. The molecule has 1 atom stereocenters. The fraction of sp³-hybridized carbons (Fsp3) is 0.667. The van der Waals surface area contributed by atoms with Crippen LogP contribution in [0.4, 0.5) is 10.7 Å². The standard InChI is InChI=1S/C15H18ClN7O2/c16-13-12(6-17)19-20-14(18-13)21-3-1-2-10(7-21)22-4-5-23(15(22)24)11-8-25-9-11/h10-11H,1-5,7-9H2. The van der Waals surface area contributed by atoms with Crippen molar-refractivity contribution in [2.24, 2.45) is 0 Å². The van der Waals surface area contributed by atoms with E-state index in [1.807, 2.05) is 20.8 Å². The molecule has 4 heterocycles. The van der Waals surface area contributed by atoms with Crippen molar-refractivity contribution >= 4 is 23.6 Å². The Kier molecular flexibility index (Phi) is 4.31. The molecule has 1 aromatic heterocycles. The number of hydrogen-bond donors (Lipinski definition) is 0. The molecule has 0 saturated carbocycles. The van der Waals surface area contributed by atoms with Crippen LogP contribution in [0.25, 0.3) is 0 Å². The van der Waals surface area contributed by atoms with Gasteiger partial charge in [-0.05, 0) is 12.8 Å². The lowest BCUT2D eigenvalue weighted by Gasteiger charge is -2.38. The number of piperidine rings is 1. The monoisotopic (exact) mass is 363 g/mol. The predicted molar refractivity (Wildman–Crippen MR) is 88.2 cm³/mol. The molecule has 0 bridgehead atoms. The molecule has 2 amide bonds. The van der Waals surface area contributed by atoms with Gasteiger partial charge in [-0.15, -0.1) is 10.2 Å². The van der Waals surface area contributed by atoms with Gasteiger partial charge in [-0.3, -0.25) is 0 Å². The number of urea groups is 1. The van der Waals surface area contributed by atoms with Crippen LogP contribution in [0.1, 0.15) is 18.5 Å². The Balaban J connectivity index is 1.45. The number of nitrogens with zero attached hydrogens (tertiary/aromatic N) is 7. The Hall–Kier alpha value is -2.18. The largest absolute Gasteiger partial charge is 0.377 e. The van der Waals surface area contributed by atoms with E-state index in [1.54, 1.807) is 0 Å². The van der Waals surface area contributed by atoms with E-state index >= 15 is 0 Å². The van der Waals surface area contributed by atoms with Crippen molar-refractivity contribution in [3.05, 3.63) is 10.8 Å². The highest BCUT2D eigenvalue weighted by Crippen LogP contribution is 2.25. The Morgan fingerprint density at radius 3 is 2.56 bits per heavy atom. The van der Waals surface area contributed by atoms with Crippen molar-refractivity contribution in [1.29, 1.82) is 5.26 Å². The molecule has 3 fully saturated rings. The van der Waals surface area contributed by atoms with Gasteiger partial charge in [0.05, 0.1) is 25.3 Å². The second-order valence-electron chi connectivity index (χ2n) is 6.47. The number of carbonyl (C=O) groups excluding carboxylic acids is 1. The Bertz CT molecular complexity index is 720. The second kappa shape index (κ2) is 6.61. The summed E-state index contributed by atoms with van der Waals surface area (Å²) >= 11 is 5.97. The maximum atomic E-state index is 12.7. The number of hydrogen-bond acceptors (Lipinski definition) is 7. The van der Waals surface area contributed by atoms with Crippen LogP contribution in [0.2, 0.25) is 5.15 Å². The summed E-state index contributed by atoms with van der Waals surface area (Å²) < 4.78 is 5.20. The first kappa shape index (κ1) is 16.3. The topological polar surface area (TPSA) is 98.5 Å². The highest BCUT2D eigenvalue weighted by molar-refractivity contribution is 6.30. The maximum Gasteiger partial charge on any atom is 0.320 e. The Morgan fingerprint density at radius 1 is 1.16 bits per heavy atom. The fourth-order valence-corrected chi connectivity index (χ4v) is 3.70. The summed E-state index contributed by atoms with van der Waals surface area (Å²) in [6.45, 7) is 4.19. The number of halogens is 1. The van der Waals surface area contributed by atoms with E-state index in [-0.39, 0.29) is 29.0 Å². The van der Waals surface area contributed by atoms with Crippen molar-refractivity contribution in [3.8, 4) is 6.07 Å². The molecule has 3 saturated heterocycles. The fourth-order valence-electron chi connectivity index (χ4n) is 3.54. The lowest BCUT2D eigenvalue weighted by molar-refractivity contribution is -0.0444. The molecule has 1 aromatic rings. The van der Waals surface area contributed by atoms with Crippen LogP contribution in [0, 0.1) is 11.3 Å². The summed E-state index contributed by atoms with van der Waals surface area (Å²) in [5, 5.41) is 16.8. The molecule has 3 aliphatic rings. The van der Waals surface area contributed by atoms with Gasteiger partial charge in [0.25, 0.3) is 0 Å². The van der Waals surface area contributed by atoms with E-state index in [1.165, 1.54) is 0 Å². The molecule has 4 rings (SSSR count). The number of amides is 2. The Labute approximate surface area is 150 Å². The lowest BCUT2D eigenvalue weighted by atomic mass is 10.0. The highest BCUT2D eigenvalue weighted by atomic mass is 35.5. The van der Waals surface area contributed by atoms with Gasteiger partial charge in [0, 0.05) is 26.2 Å². The quantitative estimate of drug-likeness (QED) is 0.771. The summed E-state index contributed by atoms with van der Waals surface area (Å²) in [7, 11) is 0. The van der Waals surface area contributed by atoms with Gasteiger partial charge in [-0.1, -0.05) is 11.6 Å². The molecule has 10 heteroatoms. The van der Waals surface area contributed by atoms with Crippen molar-refractivity contribution in [2.75, 3.05) is 44.3 Å². The van der Waals surface area contributed by atoms with Crippen molar-refractivity contribution in [2.45, 2.75) is 24.9 Å². The zero-order valence-electron chi connectivity index (χ0n) is 13.6. The molecule has 0 aliphatic carbocycles. The van der Waals surface area contributed by atoms with E-state index < -0.39 is 0 Å². The molecule has 0 spiro atoms. The first-order valence-corrected chi connectivity index (χ1v) is 8.75. The maximum absolute atomic E-state index is 12.7. The van der Waals surface area contributed by atoms with Gasteiger partial charge in [0.1, 0.15) is 6.07 Å². The SMILES string of the molecule is N#Cc1nnc(N2CCCC(N3CCN(C4COC4)C3=O)C2)nc1Cl. The van der Waals surface area contributed by atoms with Crippen LogP contribution in [0.5, 0.6) is 0 Å². The van der Waals surface area contributed by atoms with E-state index in [0.717, 1.165) is 32.5 Å². The molecular weight excluding hydrogens is 346 g/mol. The zero-order chi connectivity index (χ0) is 17.4. The van der Waals surface area contributed by atoms with Crippen LogP contribution in [-0.2, 0) is 4.74 Å². The van der Waals surface area contributed by atoms with Gasteiger partial charge in [-0.25, -0.2) is 4.79 Å². The van der Waals surface area contributed by atoms with Gasteiger partial charge in [-0.2, -0.15) is 10.2 Å². The molecular formula is C15H18ClN7O2. The van der Waals surface area contributed by atoms with Crippen molar-refractivity contribution in [3.63, 3.8) is 0 Å². The normalized spacial score (nSPS) is 24.4. The molecule has 3 aliphatic heterocycles. The number of anilines is 1. The van der Waals surface area contributed by atoms with Gasteiger partial charge >= 0.3 is 6.03 Å². The summed E-state index contributed by atoms with van der Waals surface area (Å²) in [4.78, 5) is 22.7. The zero-order valence-corrected chi connectivity index (χ0v) is 14.4. The molecule has 132 valence electrons. The summed E-state index contributed by atoms with van der Waals surface area (Å²) in [5.74, 6) is 0.407. The first-order chi connectivity index (χ1) is 12.2. The van der Waals surface area contributed by atoms with Crippen LogP contribution >= 0.6 is 11.6 Å². The van der Waals surface area contributed by atoms with Crippen molar-refractivity contribution < 1.29 is 9.53 Å². The predicted octanol–water partition coefficient (Wildman–Crippen LogP) is 0.502. The van der Waals surface area contributed by atoms with Crippen LogP contribution in [0.15, 0.2) is 0 Å². The molecule has 25 heavy (non-hydrogen) atoms. The summed E-state index contributed by atoms with van der Waals surface area (Å²) in [6, 6.07) is 2.29. The minimum atomic E-state index is 0.0204. The number of carbonyl (C=O) groups is 1. The van der Waals surface area contributed by atoms with Crippen molar-refractivity contribution in [1.82, 2.24) is 25.0 Å². The lowest BCUT2D eigenvalue weighted by Crippen LogP contribution is -2.53. The second-order valence-corrected chi connectivity index (χ2v) is 6.82. The minimum absolute atomic E-state index is 0.0204. The minimum Gasteiger partial charge on any atom is -0.377 e. The van der Waals surface area contributed by atoms with Gasteiger partial charge < -0.3 is 19.4 Å². The van der Waals surface area contributed by atoms with Gasteiger partial charge in [0.15, 0.2) is 10.8 Å². The average Bonchev–Trinajstić information content (AvgIpc) is 2.95. The average molecular weight is 364 g/mol. The molecule has 0 aromatic carbocycles. The molecule has 0 N–H and O–H groups in total. The van der Waals surface area contributed by atoms with Crippen LogP contribution < -0.4 is 4.90 Å². The third-order valence-electron chi connectivity index (χ3n) is 4.99. The van der Waals surface area contributed by atoms with Crippen LogP contribution in [-0.4, -0.2) is 82.5 Å². The third kappa shape index (κ3) is 2.96. The summed E-state index contributed by atoms with van der Waals surface area (Å²) in [5.41, 5.74) is 0.0204. The summed E-state index contributed by atoms with van der Waals surface area (Å²) in [6.07, 6.45) is 1.89. The number of aromatic nitrogens is 3.